The van der Waals surface area contributed by atoms with Crippen LogP contribution in [0, 0.1) is 0 Å². The summed E-state index contributed by atoms with van der Waals surface area (Å²) < 4.78 is 16.3. The third-order valence-electron chi connectivity index (χ3n) is 5.56. The summed E-state index contributed by atoms with van der Waals surface area (Å²) in [4.78, 5) is 15.8. The van der Waals surface area contributed by atoms with Gasteiger partial charge in [-0.3, -0.25) is 4.79 Å². The molecule has 36 heavy (non-hydrogen) atoms. The molecule has 0 bridgehead atoms. The molecule has 6 heteroatoms. The highest BCUT2D eigenvalue weighted by Gasteiger charge is 2.19. The van der Waals surface area contributed by atoms with E-state index in [2.05, 4.69) is 17.1 Å². The zero-order valence-corrected chi connectivity index (χ0v) is 21.6. The van der Waals surface area contributed by atoms with Gasteiger partial charge in [-0.1, -0.05) is 55.8 Å². The van der Waals surface area contributed by atoms with Crippen LogP contribution in [0.4, 0.5) is 5.69 Å². The van der Waals surface area contributed by atoms with E-state index in [-0.39, 0.29) is 12.7 Å². The van der Waals surface area contributed by atoms with Gasteiger partial charge >= 0.3 is 0 Å². The Kier molecular flexibility index (Phi) is 10.5. The Balaban J connectivity index is 1.91. The molecule has 0 saturated heterocycles. The van der Waals surface area contributed by atoms with Crippen molar-refractivity contribution in [2.75, 3.05) is 46.5 Å². The van der Waals surface area contributed by atoms with Crippen molar-refractivity contribution >= 4 is 22.7 Å². The summed E-state index contributed by atoms with van der Waals surface area (Å²) in [5, 5.41) is 3.09. The maximum atomic E-state index is 13.7. The van der Waals surface area contributed by atoms with Crippen LogP contribution in [0.3, 0.4) is 0 Å². The molecule has 6 nitrogen and oxygen atoms in total. The van der Waals surface area contributed by atoms with Crippen molar-refractivity contribution in [1.82, 2.24) is 4.90 Å². The van der Waals surface area contributed by atoms with Crippen molar-refractivity contribution in [3.05, 3.63) is 90.0 Å². The summed E-state index contributed by atoms with van der Waals surface area (Å²) in [6, 6.07) is 25.1. The van der Waals surface area contributed by atoms with Crippen LogP contribution >= 0.6 is 0 Å². The number of likely N-dealkylation sites (N-methyl/N-ethyl adjacent to an activating group) is 1. The zero-order valence-electron chi connectivity index (χ0n) is 21.6. The fourth-order valence-electron chi connectivity index (χ4n) is 3.76. The van der Waals surface area contributed by atoms with Gasteiger partial charge in [-0.2, -0.15) is 0 Å². The minimum atomic E-state index is -0.158. The van der Waals surface area contributed by atoms with Crippen LogP contribution in [0.5, 0.6) is 11.5 Å². The molecule has 0 aliphatic rings. The lowest BCUT2D eigenvalue weighted by Gasteiger charge is -2.17. The molecule has 0 heterocycles. The third-order valence-corrected chi connectivity index (χ3v) is 5.56. The molecule has 0 spiro atoms. The lowest BCUT2D eigenvalue weighted by Crippen LogP contribution is -2.19. The minimum absolute atomic E-state index is 0.158. The van der Waals surface area contributed by atoms with E-state index in [1.54, 1.807) is 7.11 Å². The first kappa shape index (κ1) is 27.0. The second kappa shape index (κ2) is 14.1. The molecule has 3 aromatic rings. The molecule has 1 N–H and O–H groups in total. The number of carbonyl (C=O) groups is 1. The molecule has 0 radical (unpaired) electrons. The monoisotopic (exact) mass is 488 g/mol. The summed E-state index contributed by atoms with van der Waals surface area (Å²) in [6.45, 7) is 3.73. The Labute approximate surface area is 214 Å². The smallest absolute Gasteiger partial charge is 0.256 e. The van der Waals surface area contributed by atoms with Crippen LogP contribution < -0.4 is 14.8 Å². The molecule has 0 aliphatic carbocycles. The Morgan fingerprint density at radius 1 is 0.833 bits per heavy atom. The van der Waals surface area contributed by atoms with E-state index >= 15 is 0 Å². The lowest BCUT2D eigenvalue weighted by atomic mass is 9.91. The highest BCUT2D eigenvalue weighted by Crippen LogP contribution is 2.32. The molecule has 0 aromatic heterocycles. The fourth-order valence-corrected chi connectivity index (χ4v) is 3.76. The standard InChI is InChI=1S/C30H36N2O4/c1-5-9-28(23-10-7-6-8-11-23)29(24-12-16-27(17-13-24)36-22-34-4)30(33)31-25-14-18-26(19-15-25)35-21-20-32(2)3/h6-8,10-19H,5,9,20-22H2,1-4H3,(H,31,33)/b29-28-. The molecule has 190 valence electrons. The average Bonchev–Trinajstić information content (AvgIpc) is 2.89. The number of hydrogen-bond acceptors (Lipinski definition) is 5. The number of nitrogens with zero attached hydrogens (tertiary/aromatic N) is 1. The van der Waals surface area contributed by atoms with Crippen LogP contribution in [0.25, 0.3) is 11.1 Å². The van der Waals surface area contributed by atoms with Crippen molar-refractivity contribution in [3.8, 4) is 11.5 Å². The fraction of sp³-hybridized carbons (Fsp3) is 0.300. The van der Waals surface area contributed by atoms with Crippen LogP contribution in [-0.2, 0) is 9.53 Å². The molecule has 0 atom stereocenters. The predicted molar refractivity (Wildman–Crippen MR) is 146 cm³/mol. The summed E-state index contributed by atoms with van der Waals surface area (Å²) in [5.41, 5.74) is 4.22. The number of rotatable bonds is 13. The topological polar surface area (TPSA) is 60.0 Å². The van der Waals surface area contributed by atoms with E-state index in [0.717, 1.165) is 41.8 Å². The van der Waals surface area contributed by atoms with Gasteiger partial charge in [0.1, 0.15) is 18.1 Å². The maximum absolute atomic E-state index is 13.7. The number of amides is 1. The molecule has 0 fully saturated rings. The number of hydrogen-bond donors (Lipinski definition) is 1. The lowest BCUT2D eigenvalue weighted by molar-refractivity contribution is -0.111. The molecule has 3 aromatic carbocycles. The second-order valence-electron chi connectivity index (χ2n) is 8.68. The first-order valence-electron chi connectivity index (χ1n) is 12.2. The van der Waals surface area contributed by atoms with E-state index in [1.165, 1.54) is 0 Å². The molecule has 0 aliphatic heterocycles. The van der Waals surface area contributed by atoms with Gasteiger partial charge in [0, 0.05) is 19.3 Å². The van der Waals surface area contributed by atoms with Crippen LogP contribution in [0.15, 0.2) is 78.9 Å². The Morgan fingerprint density at radius 2 is 1.47 bits per heavy atom. The van der Waals surface area contributed by atoms with Crippen molar-refractivity contribution in [3.63, 3.8) is 0 Å². The Morgan fingerprint density at radius 3 is 2.08 bits per heavy atom. The number of benzene rings is 3. The largest absolute Gasteiger partial charge is 0.492 e. The minimum Gasteiger partial charge on any atom is -0.492 e. The molecule has 1 amide bonds. The van der Waals surface area contributed by atoms with Crippen molar-refractivity contribution in [2.24, 2.45) is 0 Å². The molecule has 0 unspecified atom stereocenters. The van der Waals surface area contributed by atoms with Gasteiger partial charge in [0.05, 0.1) is 5.57 Å². The number of anilines is 1. The van der Waals surface area contributed by atoms with Crippen LogP contribution in [-0.4, -0.2) is 52.0 Å². The molecular weight excluding hydrogens is 452 g/mol. The highest BCUT2D eigenvalue weighted by atomic mass is 16.7. The number of carbonyl (C=O) groups excluding carboxylic acids is 1. The second-order valence-corrected chi connectivity index (χ2v) is 8.68. The van der Waals surface area contributed by atoms with Crippen molar-refractivity contribution in [2.45, 2.75) is 19.8 Å². The van der Waals surface area contributed by atoms with Gasteiger partial charge in [0.2, 0.25) is 0 Å². The zero-order chi connectivity index (χ0) is 25.8. The summed E-state index contributed by atoms with van der Waals surface area (Å²) in [7, 11) is 5.60. The average molecular weight is 489 g/mol. The predicted octanol–water partition coefficient (Wildman–Crippen LogP) is 5.96. The first-order valence-corrected chi connectivity index (χ1v) is 12.2. The van der Waals surface area contributed by atoms with E-state index < -0.39 is 0 Å². The number of methoxy groups -OCH3 is 1. The normalized spacial score (nSPS) is 11.7. The summed E-state index contributed by atoms with van der Waals surface area (Å²) in [5.74, 6) is 1.30. The summed E-state index contributed by atoms with van der Waals surface area (Å²) in [6.07, 6.45) is 1.68. The maximum Gasteiger partial charge on any atom is 0.256 e. The molecule has 3 rings (SSSR count). The van der Waals surface area contributed by atoms with E-state index in [0.29, 0.717) is 23.6 Å². The van der Waals surface area contributed by atoms with Crippen molar-refractivity contribution in [1.29, 1.82) is 0 Å². The van der Waals surface area contributed by atoms with Gasteiger partial charge in [-0.05, 0) is 73.6 Å². The quantitative estimate of drug-likeness (QED) is 0.183. The van der Waals surface area contributed by atoms with Gasteiger partial charge in [-0.25, -0.2) is 0 Å². The number of nitrogens with one attached hydrogen (secondary N) is 1. The van der Waals surface area contributed by atoms with Crippen molar-refractivity contribution < 1.29 is 19.0 Å². The van der Waals surface area contributed by atoms with E-state index in [9.17, 15) is 4.79 Å². The van der Waals surface area contributed by atoms with Gasteiger partial charge in [0.15, 0.2) is 6.79 Å². The number of ether oxygens (including phenoxy) is 3. The van der Waals surface area contributed by atoms with E-state index in [4.69, 9.17) is 14.2 Å². The Hall–Kier alpha value is -3.61. The molecule has 0 saturated carbocycles. The summed E-state index contributed by atoms with van der Waals surface area (Å²) >= 11 is 0. The van der Waals surface area contributed by atoms with Crippen LogP contribution in [0.2, 0.25) is 0 Å². The van der Waals surface area contributed by atoms with Crippen LogP contribution in [0.1, 0.15) is 30.9 Å². The number of allylic oxidation sites excluding steroid dienone is 1. The van der Waals surface area contributed by atoms with Gasteiger partial charge in [-0.15, -0.1) is 0 Å². The molecular formula is C30H36N2O4. The first-order chi connectivity index (χ1) is 17.5. The van der Waals surface area contributed by atoms with Gasteiger partial charge in [0.25, 0.3) is 5.91 Å². The Bertz CT molecular complexity index is 1110. The van der Waals surface area contributed by atoms with E-state index in [1.807, 2.05) is 93.0 Å². The SMILES string of the molecule is CCC/C(=C(/C(=O)Nc1ccc(OCCN(C)C)cc1)c1ccc(OCOC)cc1)c1ccccc1. The third kappa shape index (κ3) is 7.97. The highest BCUT2D eigenvalue weighted by molar-refractivity contribution is 6.31. The van der Waals surface area contributed by atoms with Gasteiger partial charge < -0.3 is 24.4 Å².